The molecule has 2 aromatic rings. The van der Waals surface area contributed by atoms with E-state index in [2.05, 4.69) is 28.7 Å². The maximum Gasteiger partial charge on any atom is 0.324 e. The molecule has 1 fully saturated rings. The molecular formula is C19H26N4O2. The van der Waals surface area contributed by atoms with Crippen LogP contribution in [-0.4, -0.2) is 43.6 Å². The van der Waals surface area contributed by atoms with Crippen LogP contribution in [0.4, 0.5) is 0 Å². The zero-order chi connectivity index (χ0) is 18.2. The standard InChI is InChI=1S/C19H26N4O2/c1-18(2,3)25-17(24)16-19(4,5)12-23(16)11-14-6-7-15(21-10-14)22-9-8-20-13-22/h6-10,13,16H,11-12H2,1-5H3. The SMILES string of the molecule is CC(C)(C)OC(=O)C1N(Cc2ccc(-n3ccnc3)nc2)CC1(C)C. The van der Waals surface area contributed by atoms with Gasteiger partial charge in [0.2, 0.25) is 0 Å². The zero-order valence-electron chi connectivity index (χ0n) is 15.6. The molecule has 0 bridgehead atoms. The smallest absolute Gasteiger partial charge is 0.324 e. The van der Waals surface area contributed by atoms with Gasteiger partial charge in [-0.15, -0.1) is 0 Å². The van der Waals surface area contributed by atoms with Crippen molar-refractivity contribution >= 4 is 5.97 Å². The summed E-state index contributed by atoms with van der Waals surface area (Å²) in [6.07, 6.45) is 7.16. The summed E-state index contributed by atoms with van der Waals surface area (Å²) in [7, 11) is 0. The Morgan fingerprint density at radius 2 is 2.12 bits per heavy atom. The number of imidazole rings is 1. The average Bonchev–Trinajstić information content (AvgIpc) is 2.98. The molecule has 1 aliphatic rings. The lowest BCUT2D eigenvalue weighted by atomic mass is 9.74. The molecule has 3 heterocycles. The van der Waals surface area contributed by atoms with Crippen molar-refractivity contribution in [3.8, 4) is 5.82 Å². The highest BCUT2D eigenvalue weighted by Crippen LogP contribution is 2.39. The van der Waals surface area contributed by atoms with E-state index in [9.17, 15) is 4.79 Å². The molecular weight excluding hydrogens is 316 g/mol. The van der Waals surface area contributed by atoms with E-state index < -0.39 is 5.60 Å². The summed E-state index contributed by atoms with van der Waals surface area (Å²) < 4.78 is 7.47. The third kappa shape index (κ3) is 3.90. The van der Waals surface area contributed by atoms with Gasteiger partial charge in [-0.3, -0.25) is 14.3 Å². The van der Waals surface area contributed by atoms with Gasteiger partial charge in [0.25, 0.3) is 0 Å². The fourth-order valence-electron chi connectivity index (χ4n) is 3.35. The molecule has 1 saturated heterocycles. The second-order valence-corrected chi connectivity index (χ2v) is 8.32. The Labute approximate surface area is 148 Å². The molecule has 2 aromatic heterocycles. The molecule has 6 nitrogen and oxygen atoms in total. The number of ether oxygens (including phenoxy) is 1. The topological polar surface area (TPSA) is 60.2 Å². The molecule has 0 aromatic carbocycles. The normalized spacial score (nSPS) is 20.1. The molecule has 1 unspecified atom stereocenters. The predicted octanol–water partition coefficient (Wildman–Crippen LogP) is 2.82. The second-order valence-electron chi connectivity index (χ2n) is 8.32. The van der Waals surface area contributed by atoms with Crippen LogP contribution in [0.1, 0.15) is 40.2 Å². The Morgan fingerprint density at radius 1 is 1.36 bits per heavy atom. The minimum absolute atomic E-state index is 0.0769. The molecule has 3 rings (SSSR count). The van der Waals surface area contributed by atoms with Crippen LogP contribution in [0.2, 0.25) is 0 Å². The Hall–Kier alpha value is -2.21. The first-order chi connectivity index (χ1) is 11.7. The van der Waals surface area contributed by atoms with Crippen LogP contribution in [0.3, 0.4) is 0 Å². The van der Waals surface area contributed by atoms with Gasteiger partial charge in [0.15, 0.2) is 0 Å². The largest absolute Gasteiger partial charge is 0.459 e. The molecule has 1 aliphatic heterocycles. The van der Waals surface area contributed by atoms with Crippen molar-refractivity contribution in [1.82, 2.24) is 19.4 Å². The van der Waals surface area contributed by atoms with Gasteiger partial charge in [0.1, 0.15) is 23.8 Å². The van der Waals surface area contributed by atoms with E-state index >= 15 is 0 Å². The highest BCUT2D eigenvalue weighted by Gasteiger charge is 2.51. The van der Waals surface area contributed by atoms with Crippen LogP contribution in [0.15, 0.2) is 37.1 Å². The summed E-state index contributed by atoms with van der Waals surface area (Å²) >= 11 is 0. The van der Waals surface area contributed by atoms with Gasteiger partial charge < -0.3 is 4.74 Å². The number of hydrogen-bond acceptors (Lipinski definition) is 5. The van der Waals surface area contributed by atoms with Crippen molar-refractivity contribution in [3.05, 3.63) is 42.6 Å². The molecule has 0 radical (unpaired) electrons. The molecule has 1 atom stereocenters. The van der Waals surface area contributed by atoms with Crippen LogP contribution in [0.25, 0.3) is 5.82 Å². The van der Waals surface area contributed by atoms with E-state index in [0.29, 0.717) is 6.54 Å². The van der Waals surface area contributed by atoms with Crippen molar-refractivity contribution in [3.63, 3.8) is 0 Å². The Kier molecular flexibility index (Phi) is 4.41. The Balaban J connectivity index is 1.68. The molecule has 6 heteroatoms. The van der Waals surface area contributed by atoms with Crippen LogP contribution in [-0.2, 0) is 16.1 Å². The molecule has 0 spiro atoms. The van der Waals surface area contributed by atoms with Crippen molar-refractivity contribution < 1.29 is 9.53 Å². The number of rotatable bonds is 4. The maximum absolute atomic E-state index is 12.6. The van der Waals surface area contributed by atoms with Gasteiger partial charge in [-0.05, 0) is 32.4 Å². The van der Waals surface area contributed by atoms with Gasteiger partial charge in [-0.1, -0.05) is 19.9 Å². The van der Waals surface area contributed by atoms with Crippen molar-refractivity contribution in [2.45, 2.75) is 52.8 Å². The first-order valence-electron chi connectivity index (χ1n) is 8.56. The summed E-state index contributed by atoms with van der Waals surface area (Å²) in [4.78, 5) is 23.2. The van der Waals surface area contributed by atoms with E-state index in [1.807, 2.05) is 49.9 Å². The summed E-state index contributed by atoms with van der Waals surface area (Å²) in [6.45, 7) is 11.5. The van der Waals surface area contributed by atoms with Gasteiger partial charge in [-0.2, -0.15) is 0 Å². The van der Waals surface area contributed by atoms with E-state index in [0.717, 1.165) is 17.9 Å². The van der Waals surface area contributed by atoms with E-state index in [1.165, 1.54) is 0 Å². The number of likely N-dealkylation sites (tertiary alicyclic amines) is 1. The van der Waals surface area contributed by atoms with Crippen molar-refractivity contribution in [1.29, 1.82) is 0 Å². The van der Waals surface area contributed by atoms with Gasteiger partial charge in [0, 0.05) is 37.1 Å². The maximum atomic E-state index is 12.6. The third-order valence-corrected chi connectivity index (χ3v) is 4.31. The molecule has 25 heavy (non-hydrogen) atoms. The number of carbonyl (C=O) groups excluding carboxylic acids is 1. The van der Waals surface area contributed by atoms with Gasteiger partial charge >= 0.3 is 5.97 Å². The van der Waals surface area contributed by atoms with Crippen LogP contribution < -0.4 is 0 Å². The molecule has 0 saturated carbocycles. The number of aromatic nitrogens is 3. The van der Waals surface area contributed by atoms with Crippen LogP contribution in [0.5, 0.6) is 0 Å². The van der Waals surface area contributed by atoms with Gasteiger partial charge in [-0.25, -0.2) is 9.97 Å². The minimum atomic E-state index is -0.470. The minimum Gasteiger partial charge on any atom is -0.459 e. The van der Waals surface area contributed by atoms with Crippen LogP contribution in [0, 0.1) is 5.41 Å². The van der Waals surface area contributed by atoms with Crippen LogP contribution >= 0.6 is 0 Å². The van der Waals surface area contributed by atoms with E-state index in [1.54, 1.807) is 12.5 Å². The number of nitrogens with zero attached hydrogens (tertiary/aromatic N) is 4. The van der Waals surface area contributed by atoms with Crippen molar-refractivity contribution in [2.24, 2.45) is 5.41 Å². The first-order valence-corrected chi connectivity index (χ1v) is 8.56. The Morgan fingerprint density at radius 3 is 2.64 bits per heavy atom. The molecule has 134 valence electrons. The lowest BCUT2D eigenvalue weighted by molar-refractivity contribution is -0.180. The summed E-state index contributed by atoms with van der Waals surface area (Å²) in [6, 6.07) is 3.78. The second kappa shape index (κ2) is 6.26. The summed E-state index contributed by atoms with van der Waals surface area (Å²) in [5.41, 5.74) is 0.530. The number of pyridine rings is 1. The van der Waals surface area contributed by atoms with Crippen molar-refractivity contribution in [2.75, 3.05) is 6.54 Å². The monoisotopic (exact) mass is 342 g/mol. The van der Waals surface area contributed by atoms with E-state index in [4.69, 9.17) is 4.74 Å². The molecule has 0 aliphatic carbocycles. The summed E-state index contributed by atoms with van der Waals surface area (Å²) in [5.74, 6) is 0.681. The number of carbonyl (C=O) groups is 1. The van der Waals surface area contributed by atoms with E-state index in [-0.39, 0.29) is 17.4 Å². The third-order valence-electron chi connectivity index (χ3n) is 4.31. The predicted molar refractivity (Wildman–Crippen MR) is 95.2 cm³/mol. The summed E-state index contributed by atoms with van der Waals surface area (Å²) in [5, 5.41) is 0. The quantitative estimate of drug-likeness (QED) is 0.800. The Bertz CT molecular complexity index is 730. The molecule has 0 amide bonds. The lowest BCUT2D eigenvalue weighted by Gasteiger charge is -2.53. The molecule has 0 N–H and O–H groups in total. The zero-order valence-corrected chi connectivity index (χ0v) is 15.6. The lowest BCUT2D eigenvalue weighted by Crippen LogP contribution is -2.65. The highest BCUT2D eigenvalue weighted by atomic mass is 16.6. The number of esters is 1. The fourth-order valence-corrected chi connectivity index (χ4v) is 3.35. The van der Waals surface area contributed by atoms with Gasteiger partial charge in [0.05, 0.1) is 0 Å². The number of hydrogen-bond donors (Lipinski definition) is 0. The average molecular weight is 342 g/mol. The first kappa shape index (κ1) is 17.6. The highest BCUT2D eigenvalue weighted by molar-refractivity contribution is 5.78. The fraction of sp³-hybridized carbons (Fsp3) is 0.526.